The minimum Gasteiger partial charge on any atom is -0.373 e. The van der Waals surface area contributed by atoms with Crippen LogP contribution in [0.5, 0.6) is 0 Å². The van der Waals surface area contributed by atoms with Crippen LogP contribution < -0.4 is 4.90 Å². The maximum absolute atomic E-state index is 5.89. The molecule has 3 heteroatoms. The second-order valence-corrected chi connectivity index (χ2v) is 15.0. The SMILES string of the molecule is Cc1ccc(-c2ccc(-c3ccc(C(CC4CO4)(CC4CO4)c4ccc(-c5ccc(-c6ccc(N(C)c7ccccc7)cc6)cc5)cc4)cc3)cc2)cc1. The first-order valence-electron chi connectivity index (χ1n) is 19.1. The number of hydrogen-bond donors (Lipinski definition) is 0. The topological polar surface area (TPSA) is 28.3 Å². The fourth-order valence-electron chi connectivity index (χ4n) is 7.97. The van der Waals surface area contributed by atoms with Crippen molar-refractivity contribution in [1.82, 2.24) is 0 Å². The van der Waals surface area contributed by atoms with Gasteiger partial charge < -0.3 is 14.4 Å². The normalized spacial score (nSPS) is 17.1. The van der Waals surface area contributed by atoms with Gasteiger partial charge in [-0.25, -0.2) is 0 Å². The predicted octanol–water partition coefficient (Wildman–Crippen LogP) is 12.3. The molecule has 9 rings (SSSR count). The number of anilines is 2. The number of nitrogens with zero attached hydrogens (tertiary/aromatic N) is 1. The molecular weight excluding hydrogens is 659 g/mol. The first-order valence-corrected chi connectivity index (χ1v) is 19.1. The lowest BCUT2D eigenvalue weighted by atomic mass is 9.68. The van der Waals surface area contributed by atoms with Crippen LogP contribution in [-0.2, 0) is 14.9 Å². The Hall–Kier alpha value is -5.74. The lowest BCUT2D eigenvalue weighted by Gasteiger charge is -2.35. The van der Waals surface area contributed by atoms with E-state index in [9.17, 15) is 0 Å². The third-order valence-electron chi connectivity index (χ3n) is 11.4. The summed E-state index contributed by atoms with van der Waals surface area (Å²) in [5, 5.41) is 0. The molecule has 54 heavy (non-hydrogen) atoms. The molecular formula is C51H45NO2. The molecule has 2 atom stereocenters. The van der Waals surface area contributed by atoms with E-state index in [1.807, 2.05) is 6.07 Å². The van der Waals surface area contributed by atoms with Gasteiger partial charge in [-0.2, -0.15) is 0 Å². The molecule has 0 saturated carbocycles. The van der Waals surface area contributed by atoms with Crippen LogP contribution in [-0.4, -0.2) is 32.5 Å². The lowest BCUT2D eigenvalue weighted by molar-refractivity contribution is 0.300. The molecule has 0 aromatic heterocycles. The van der Waals surface area contributed by atoms with Gasteiger partial charge in [-0.15, -0.1) is 0 Å². The summed E-state index contributed by atoms with van der Waals surface area (Å²) < 4.78 is 11.8. The van der Waals surface area contributed by atoms with Crippen molar-refractivity contribution in [3.05, 3.63) is 193 Å². The molecule has 2 aliphatic heterocycles. The highest BCUT2D eigenvalue weighted by molar-refractivity contribution is 5.74. The average Bonchev–Trinajstić information content (AvgIpc) is 4.20. The van der Waals surface area contributed by atoms with Gasteiger partial charge in [0, 0.05) is 23.8 Å². The van der Waals surface area contributed by atoms with Gasteiger partial charge in [0.25, 0.3) is 0 Å². The summed E-state index contributed by atoms with van der Waals surface area (Å²) >= 11 is 0. The Morgan fingerprint density at radius 2 is 0.722 bits per heavy atom. The highest BCUT2D eigenvalue weighted by atomic mass is 16.6. The molecule has 0 bridgehead atoms. The fourth-order valence-corrected chi connectivity index (χ4v) is 7.97. The van der Waals surface area contributed by atoms with Gasteiger partial charge in [0.2, 0.25) is 0 Å². The maximum atomic E-state index is 5.89. The van der Waals surface area contributed by atoms with Gasteiger partial charge in [0.15, 0.2) is 0 Å². The molecule has 2 saturated heterocycles. The van der Waals surface area contributed by atoms with Gasteiger partial charge in [-0.1, -0.05) is 157 Å². The van der Waals surface area contributed by atoms with Crippen LogP contribution in [0.2, 0.25) is 0 Å². The first kappa shape index (κ1) is 34.1. The van der Waals surface area contributed by atoms with Crippen molar-refractivity contribution < 1.29 is 9.47 Å². The third kappa shape index (κ3) is 7.26. The van der Waals surface area contributed by atoms with E-state index >= 15 is 0 Å². The number of rotatable bonds is 12. The summed E-state index contributed by atoms with van der Waals surface area (Å²) in [4.78, 5) is 2.21. The number of epoxide rings is 2. The first-order chi connectivity index (χ1) is 26.5. The van der Waals surface area contributed by atoms with Crippen molar-refractivity contribution in [3.63, 3.8) is 0 Å². The lowest BCUT2D eigenvalue weighted by Crippen LogP contribution is -2.31. The number of hydrogen-bond acceptors (Lipinski definition) is 3. The van der Waals surface area contributed by atoms with Gasteiger partial charge in [-0.05, 0) is 99.7 Å². The molecule has 2 heterocycles. The Labute approximate surface area is 319 Å². The van der Waals surface area contributed by atoms with Crippen LogP contribution in [0.4, 0.5) is 11.4 Å². The van der Waals surface area contributed by atoms with E-state index in [0.717, 1.165) is 26.1 Å². The molecule has 0 aliphatic carbocycles. The second kappa shape index (κ2) is 14.6. The van der Waals surface area contributed by atoms with Crippen molar-refractivity contribution in [3.8, 4) is 44.5 Å². The van der Waals surface area contributed by atoms with Crippen LogP contribution >= 0.6 is 0 Å². The Kier molecular flexibility index (Phi) is 9.20. The smallest absolute Gasteiger partial charge is 0.0821 e. The van der Waals surface area contributed by atoms with E-state index in [1.165, 1.54) is 72.6 Å². The highest BCUT2D eigenvalue weighted by Crippen LogP contribution is 2.46. The monoisotopic (exact) mass is 703 g/mol. The predicted molar refractivity (Wildman–Crippen MR) is 223 cm³/mol. The molecule has 266 valence electrons. The maximum Gasteiger partial charge on any atom is 0.0821 e. The summed E-state index contributed by atoms with van der Waals surface area (Å²) in [5.74, 6) is 0. The van der Waals surface area contributed by atoms with Crippen molar-refractivity contribution in [2.24, 2.45) is 0 Å². The Balaban J connectivity index is 0.952. The zero-order chi connectivity index (χ0) is 36.5. The third-order valence-corrected chi connectivity index (χ3v) is 11.4. The van der Waals surface area contributed by atoms with E-state index in [4.69, 9.17) is 9.47 Å². The summed E-state index contributed by atoms with van der Waals surface area (Å²) in [6, 6.07) is 64.4. The Morgan fingerprint density at radius 1 is 0.426 bits per heavy atom. The zero-order valence-electron chi connectivity index (χ0n) is 31.0. The molecule has 3 nitrogen and oxygen atoms in total. The van der Waals surface area contributed by atoms with Crippen molar-refractivity contribution in [1.29, 1.82) is 0 Å². The Morgan fingerprint density at radius 3 is 1.07 bits per heavy atom. The van der Waals surface area contributed by atoms with Crippen molar-refractivity contribution in [2.75, 3.05) is 25.2 Å². The molecule has 2 unspecified atom stereocenters. The molecule has 7 aromatic rings. The molecule has 0 spiro atoms. The summed E-state index contributed by atoms with van der Waals surface area (Å²) in [6.07, 6.45) is 2.45. The van der Waals surface area contributed by atoms with Crippen LogP contribution in [0.25, 0.3) is 44.5 Å². The standard InChI is InChI=1S/C51H45NO2/c1-36-8-10-37(11-9-36)38-12-14-39(15-13-38)42-20-26-45(27-21-42)51(32-49-34-53-49,33-50-35-54-50)46-28-22-43(23-29-46)40-16-18-41(19-17-40)44-24-30-48(31-25-44)52(2)47-6-4-3-5-7-47/h3-31,49-50H,32-35H2,1-2H3. The van der Waals surface area contributed by atoms with Crippen LogP contribution in [0, 0.1) is 6.92 Å². The van der Waals surface area contributed by atoms with E-state index < -0.39 is 0 Å². The summed E-state index contributed by atoms with van der Waals surface area (Å²) in [7, 11) is 2.11. The summed E-state index contributed by atoms with van der Waals surface area (Å²) in [5.41, 5.74) is 15.9. The fraction of sp³-hybridized carbons (Fsp3) is 0.176. The van der Waals surface area contributed by atoms with Crippen LogP contribution in [0.1, 0.15) is 29.5 Å². The minimum absolute atomic E-state index is 0.195. The van der Waals surface area contributed by atoms with Gasteiger partial charge >= 0.3 is 0 Å². The van der Waals surface area contributed by atoms with Gasteiger partial charge in [0.05, 0.1) is 25.4 Å². The number of ether oxygens (including phenoxy) is 2. The molecule has 0 radical (unpaired) electrons. The van der Waals surface area contributed by atoms with Crippen LogP contribution in [0.3, 0.4) is 0 Å². The molecule has 0 amide bonds. The van der Waals surface area contributed by atoms with E-state index in [-0.39, 0.29) is 17.6 Å². The molecule has 2 fully saturated rings. The van der Waals surface area contributed by atoms with Gasteiger partial charge in [0.1, 0.15) is 0 Å². The zero-order valence-corrected chi connectivity index (χ0v) is 31.0. The van der Waals surface area contributed by atoms with E-state index in [1.54, 1.807) is 0 Å². The van der Waals surface area contributed by atoms with Crippen LogP contribution in [0.15, 0.2) is 176 Å². The summed E-state index contributed by atoms with van der Waals surface area (Å²) in [6.45, 7) is 3.79. The van der Waals surface area contributed by atoms with E-state index in [0.29, 0.717) is 0 Å². The van der Waals surface area contributed by atoms with Crippen molar-refractivity contribution in [2.45, 2.75) is 37.4 Å². The quantitative estimate of drug-likeness (QED) is 0.119. The van der Waals surface area contributed by atoms with Crippen molar-refractivity contribution >= 4 is 11.4 Å². The molecule has 2 aliphatic rings. The number of benzene rings is 7. The molecule has 7 aromatic carbocycles. The Bertz CT molecular complexity index is 2290. The second-order valence-electron chi connectivity index (χ2n) is 15.0. The van der Waals surface area contributed by atoms with E-state index in [2.05, 4.69) is 189 Å². The van der Waals surface area contributed by atoms with Gasteiger partial charge in [-0.3, -0.25) is 0 Å². The number of aryl methyl sites for hydroxylation is 1. The number of para-hydroxylation sites is 1. The molecule has 0 N–H and O–H groups in total. The minimum atomic E-state index is -0.195. The largest absolute Gasteiger partial charge is 0.373 e. The highest BCUT2D eigenvalue weighted by Gasteiger charge is 2.45. The average molecular weight is 704 g/mol.